The zero-order valence-electron chi connectivity index (χ0n) is 13.7. The van der Waals surface area contributed by atoms with Crippen LogP contribution in [-0.4, -0.2) is 23.9 Å². The molecule has 1 atom stereocenters. The lowest BCUT2D eigenvalue weighted by Gasteiger charge is -2.24. The van der Waals surface area contributed by atoms with Gasteiger partial charge in [0.1, 0.15) is 11.9 Å². The molecule has 0 aliphatic carbocycles. The molecule has 130 valence electrons. The number of likely N-dealkylation sites (N-methyl/N-ethyl adjacent to an activating group) is 1. The van der Waals surface area contributed by atoms with Gasteiger partial charge in [0.25, 0.3) is 0 Å². The molecule has 0 spiro atoms. The van der Waals surface area contributed by atoms with Crippen LogP contribution in [0, 0.1) is 17.1 Å². The Hall–Kier alpha value is -2.13. The first-order valence-electron chi connectivity index (χ1n) is 7.47. The summed E-state index contributed by atoms with van der Waals surface area (Å²) in [6.07, 6.45) is 0. The number of hydrogen-bond acceptors (Lipinski definition) is 3. The quantitative estimate of drug-likeness (QED) is 0.833. The molecule has 4 nitrogen and oxygen atoms in total. The Morgan fingerprint density at radius 1 is 1.32 bits per heavy atom. The molecule has 25 heavy (non-hydrogen) atoms. The molecule has 0 saturated heterocycles. The number of carbonyl (C=O) groups is 1. The maximum Gasteiger partial charge on any atom is 0.241 e. The van der Waals surface area contributed by atoms with Crippen LogP contribution in [0.15, 0.2) is 36.4 Å². The number of carbonyl (C=O) groups excluding carboxylic acids is 1. The summed E-state index contributed by atoms with van der Waals surface area (Å²) < 4.78 is 13.9. The molecule has 0 saturated carbocycles. The lowest BCUT2D eigenvalue weighted by atomic mass is 10.1. The van der Waals surface area contributed by atoms with Crippen molar-refractivity contribution in [3.63, 3.8) is 0 Å². The Balaban J connectivity index is 2.06. The number of halogens is 3. The summed E-state index contributed by atoms with van der Waals surface area (Å²) in [5.41, 5.74) is 1.16. The molecular formula is C18H16Cl2FN3O. The van der Waals surface area contributed by atoms with Gasteiger partial charge in [-0.05, 0) is 44.3 Å². The van der Waals surface area contributed by atoms with Gasteiger partial charge in [0, 0.05) is 22.8 Å². The summed E-state index contributed by atoms with van der Waals surface area (Å²) in [6.45, 7) is 1.89. The normalized spacial score (nSPS) is 11.9. The predicted octanol–water partition coefficient (Wildman–Crippen LogP) is 4.46. The zero-order valence-corrected chi connectivity index (χ0v) is 15.2. The summed E-state index contributed by atoms with van der Waals surface area (Å²) in [7, 11) is 1.71. The highest BCUT2D eigenvalue weighted by atomic mass is 35.5. The van der Waals surface area contributed by atoms with Crippen LogP contribution in [0.1, 0.15) is 18.1 Å². The molecule has 0 heterocycles. The van der Waals surface area contributed by atoms with E-state index in [1.165, 1.54) is 24.3 Å². The van der Waals surface area contributed by atoms with Gasteiger partial charge in [-0.3, -0.25) is 9.69 Å². The minimum atomic E-state index is -0.537. The van der Waals surface area contributed by atoms with Gasteiger partial charge in [-0.15, -0.1) is 0 Å². The fraction of sp³-hybridized carbons (Fsp3) is 0.222. The van der Waals surface area contributed by atoms with E-state index in [9.17, 15) is 9.18 Å². The van der Waals surface area contributed by atoms with Crippen molar-refractivity contribution in [1.29, 1.82) is 5.26 Å². The Morgan fingerprint density at radius 2 is 2.04 bits per heavy atom. The molecule has 0 radical (unpaired) electrons. The van der Waals surface area contributed by atoms with Crippen molar-refractivity contribution < 1.29 is 9.18 Å². The Labute approximate surface area is 155 Å². The topological polar surface area (TPSA) is 56.1 Å². The Bertz CT molecular complexity index is 815. The summed E-state index contributed by atoms with van der Waals surface area (Å²) in [4.78, 5) is 14.1. The van der Waals surface area contributed by atoms with Crippen LogP contribution in [0.4, 0.5) is 10.1 Å². The molecule has 2 aromatic rings. The van der Waals surface area contributed by atoms with Crippen LogP contribution in [0.25, 0.3) is 0 Å². The van der Waals surface area contributed by atoms with Crippen molar-refractivity contribution in [3.05, 3.63) is 63.4 Å². The summed E-state index contributed by atoms with van der Waals surface area (Å²) in [6, 6.07) is 10.5. The number of nitriles is 1. The van der Waals surface area contributed by atoms with E-state index in [0.717, 1.165) is 0 Å². The highest BCUT2D eigenvalue weighted by Gasteiger charge is 2.20. The lowest BCUT2D eigenvalue weighted by molar-refractivity contribution is -0.120. The van der Waals surface area contributed by atoms with Gasteiger partial charge < -0.3 is 5.32 Å². The minimum Gasteiger partial charge on any atom is -0.325 e. The summed E-state index contributed by atoms with van der Waals surface area (Å²) in [5, 5.41) is 12.2. The maximum atomic E-state index is 13.9. The average Bonchev–Trinajstić information content (AvgIpc) is 2.57. The molecule has 1 N–H and O–H groups in total. The van der Waals surface area contributed by atoms with E-state index in [0.29, 0.717) is 21.8 Å². The maximum absolute atomic E-state index is 13.9. The molecule has 1 amide bonds. The number of rotatable bonds is 5. The summed E-state index contributed by atoms with van der Waals surface area (Å²) in [5.74, 6) is -0.693. The van der Waals surface area contributed by atoms with Gasteiger partial charge >= 0.3 is 0 Å². The van der Waals surface area contributed by atoms with E-state index >= 15 is 0 Å². The van der Waals surface area contributed by atoms with Gasteiger partial charge in [0.15, 0.2) is 0 Å². The third-order valence-corrected chi connectivity index (χ3v) is 4.53. The van der Waals surface area contributed by atoms with E-state index in [2.05, 4.69) is 5.32 Å². The second-order valence-corrected chi connectivity index (χ2v) is 6.40. The van der Waals surface area contributed by atoms with Gasteiger partial charge in [-0.2, -0.15) is 5.26 Å². The largest absolute Gasteiger partial charge is 0.325 e. The second-order valence-electron chi connectivity index (χ2n) is 5.59. The predicted molar refractivity (Wildman–Crippen MR) is 97.1 cm³/mol. The number of amides is 1. The van der Waals surface area contributed by atoms with Gasteiger partial charge in [-0.1, -0.05) is 29.3 Å². The molecule has 0 aliphatic heterocycles. The standard InChI is InChI=1S/C18H16Cl2FN3O/c1-11(24(2)10-14-15(19)4-3-5-17(14)21)18(25)23-13-7-6-12(9-22)16(20)8-13/h3-8,11H,10H2,1-2H3,(H,23,25). The number of benzene rings is 2. The van der Waals surface area contributed by atoms with E-state index in [4.69, 9.17) is 28.5 Å². The van der Waals surface area contributed by atoms with E-state index in [1.807, 2.05) is 6.07 Å². The molecule has 0 aliphatic rings. The van der Waals surface area contributed by atoms with Crippen LogP contribution in [0.2, 0.25) is 10.0 Å². The van der Waals surface area contributed by atoms with Crippen LogP contribution >= 0.6 is 23.2 Å². The van der Waals surface area contributed by atoms with E-state index < -0.39 is 11.9 Å². The third kappa shape index (κ3) is 4.70. The molecule has 1 unspecified atom stereocenters. The van der Waals surface area contributed by atoms with E-state index in [1.54, 1.807) is 31.0 Å². The second kappa shape index (κ2) is 8.30. The number of anilines is 1. The number of nitrogens with one attached hydrogen (secondary N) is 1. The monoisotopic (exact) mass is 379 g/mol. The molecule has 2 rings (SSSR count). The first kappa shape index (κ1) is 19.2. The minimum absolute atomic E-state index is 0.189. The fourth-order valence-electron chi connectivity index (χ4n) is 2.20. The van der Waals surface area contributed by atoms with Crippen molar-refractivity contribution in [2.24, 2.45) is 0 Å². The van der Waals surface area contributed by atoms with Gasteiger partial charge in [0.2, 0.25) is 5.91 Å². The van der Waals surface area contributed by atoms with E-state index in [-0.39, 0.29) is 17.5 Å². The first-order valence-corrected chi connectivity index (χ1v) is 8.22. The van der Waals surface area contributed by atoms with Crippen LogP contribution < -0.4 is 5.32 Å². The van der Waals surface area contributed by atoms with Crippen molar-refractivity contribution in [2.75, 3.05) is 12.4 Å². The number of nitrogens with zero attached hydrogens (tertiary/aromatic N) is 2. The molecule has 2 aromatic carbocycles. The van der Waals surface area contributed by atoms with Gasteiger partial charge in [0.05, 0.1) is 16.6 Å². The smallest absolute Gasteiger partial charge is 0.241 e. The molecule has 0 fully saturated rings. The fourth-order valence-corrected chi connectivity index (χ4v) is 2.65. The third-order valence-electron chi connectivity index (χ3n) is 3.87. The molecule has 0 aromatic heterocycles. The van der Waals surface area contributed by atoms with Gasteiger partial charge in [-0.25, -0.2) is 4.39 Å². The molecule has 7 heteroatoms. The van der Waals surface area contributed by atoms with Crippen LogP contribution in [-0.2, 0) is 11.3 Å². The summed E-state index contributed by atoms with van der Waals surface area (Å²) >= 11 is 12.0. The van der Waals surface area contributed by atoms with Crippen molar-refractivity contribution in [3.8, 4) is 6.07 Å². The van der Waals surface area contributed by atoms with Crippen LogP contribution in [0.3, 0.4) is 0 Å². The highest BCUT2D eigenvalue weighted by Crippen LogP contribution is 2.22. The first-order chi connectivity index (χ1) is 11.8. The Morgan fingerprint density at radius 3 is 2.64 bits per heavy atom. The molecule has 0 bridgehead atoms. The lowest BCUT2D eigenvalue weighted by Crippen LogP contribution is -2.39. The van der Waals surface area contributed by atoms with Crippen LogP contribution in [0.5, 0.6) is 0 Å². The average molecular weight is 380 g/mol. The highest BCUT2D eigenvalue weighted by molar-refractivity contribution is 6.32. The van der Waals surface area contributed by atoms with Crippen molar-refractivity contribution in [2.45, 2.75) is 19.5 Å². The van der Waals surface area contributed by atoms with Crippen molar-refractivity contribution in [1.82, 2.24) is 4.90 Å². The molecular weight excluding hydrogens is 364 g/mol. The Kier molecular flexibility index (Phi) is 6.38. The van der Waals surface area contributed by atoms with Crippen molar-refractivity contribution >= 4 is 34.8 Å². The zero-order chi connectivity index (χ0) is 18.6. The number of hydrogen-bond donors (Lipinski definition) is 1. The SMILES string of the molecule is CC(C(=O)Nc1ccc(C#N)c(Cl)c1)N(C)Cc1c(F)cccc1Cl.